The zero-order chi connectivity index (χ0) is 13.9. The van der Waals surface area contributed by atoms with Crippen molar-refractivity contribution in [3.8, 4) is 0 Å². The summed E-state index contributed by atoms with van der Waals surface area (Å²) in [4.78, 5) is 10.4. The van der Waals surface area contributed by atoms with Crippen molar-refractivity contribution in [1.82, 2.24) is 0 Å². The number of aliphatic hydroxyl groups is 1. The third-order valence-electron chi connectivity index (χ3n) is 2.26. The fourth-order valence-corrected chi connectivity index (χ4v) is 1.35. The molecule has 0 bridgehead atoms. The van der Waals surface area contributed by atoms with E-state index in [1.165, 1.54) is 12.1 Å². The van der Waals surface area contributed by atoms with Gasteiger partial charge in [-0.05, 0) is 19.9 Å². The Hall–Kier alpha value is -2.15. The molecular weight excluding hydrogens is 236 g/mol. The lowest BCUT2D eigenvalue weighted by Crippen LogP contribution is -2.29. The van der Waals surface area contributed by atoms with Crippen LogP contribution in [0.15, 0.2) is 12.1 Å². The first kappa shape index (κ1) is 13.9. The van der Waals surface area contributed by atoms with E-state index < -0.39 is 10.5 Å². The van der Waals surface area contributed by atoms with Gasteiger partial charge in [-0.15, -0.1) is 0 Å². The fourth-order valence-electron chi connectivity index (χ4n) is 1.35. The number of nitrogen functional groups attached to an aromatic ring is 1. The van der Waals surface area contributed by atoms with E-state index in [-0.39, 0.29) is 29.2 Å². The van der Waals surface area contributed by atoms with Crippen molar-refractivity contribution < 1.29 is 10.0 Å². The highest BCUT2D eigenvalue weighted by atomic mass is 16.6. The van der Waals surface area contributed by atoms with Crippen LogP contribution in [0.5, 0.6) is 0 Å². The Kier molecular flexibility index (Phi) is 3.87. The molecule has 7 nitrogen and oxygen atoms in total. The van der Waals surface area contributed by atoms with Crippen molar-refractivity contribution in [3.63, 3.8) is 0 Å². The second-order valence-corrected chi connectivity index (χ2v) is 4.57. The highest BCUT2D eigenvalue weighted by molar-refractivity contribution is 5.89. The van der Waals surface area contributed by atoms with Gasteiger partial charge in [-0.1, -0.05) is 0 Å². The molecule has 98 valence electrons. The summed E-state index contributed by atoms with van der Waals surface area (Å²) in [6.07, 6.45) is 0.960. The van der Waals surface area contributed by atoms with E-state index in [2.05, 4.69) is 5.32 Å². The van der Waals surface area contributed by atoms with Crippen molar-refractivity contribution in [2.75, 3.05) is 17.6 Å². The highest BCUT2D eigenvalue weighted by Gasteiger charge is 2.19. The van der Waals surface area contributed by atoms with Crippen LogP contribution < -0.4 is 11.1 Å². The zero-order valence-electron chi connectivity index (χ0n) is 10.2. The molecule has 1 aromatic rings. The van der Waals surface area contributed by atoms with Gasteiger partial charge in [0.25, 0.3) is 5.69 Å². The summed E-state index contributed by atoms with van der Waals surface area (Å²) in [6.45, 7) is 3.32. The molecule has 0 aromatic heterocycles. The van der Waals surface area contributed by atoms with E-state index in [0.717, 1.165) is 6.21 Å². The molecule has 0 aliphatic heterocycles. The Labute approximate surface area is 104 Å². The second kappa shape index (κ2) is 5.01. The van der Waals surface area contributed by atoms with Crippen LogP contribution in [0.1, 0.15) is 19.4 Å². The Balaban J connectivity index is 3.13. The van der Waals surface area contributed by atoms with Crippen LogP contribution in [-0.2, 0) is 0 Å². The van der Waals surface area contributed by atoms with Gasteiger partial charge in [0.1, 0.15) is 5.69 Å². The van der Waals surface area contributed by atoms with E-state index in [4.69, 9.17) is 11.1 Å². The molecule has 0 spiro atoms. The normalized spacial score (nSPS) is 11.1. The average molecular weight is 252 g/mol. The molecule has 5 N–H and O–H groups in total. The van der Waals surface area contributed by atoms with Crippen molar-refractivity contribution in [3.05, 3.63) is 27.8 Å². The molecule has 1 aromatic carbocycles. The summed E-state index contributed by atoms with van der Waals surface area (Å²) >= 11 is 0. The minimum absolute atomic E-state index is 0.150. The van der Waals surface area contributed by atoms with Crippen LogP contribution in [0, 0.1) is 15.5 Å². The molecule has 0 radical (unpaired) electrons. The van der Waals surface area contributed by atoms with Gasteiger partial charge in [-0.3, -0.25) is 10.1 Å². The Morgan fingerprint density at radius 1 is 1.61 bits per heavy atom. The largest absolute Gasteiger partial charge is 0.398 e. The lowest BCUT2D eigenvalue weighted by molar-refractivity contribution is -0.384. The van der Waals surface area contributed by atoms with Crippen LogP contribution in [0.2, 0.25) is 0 Å². The van der Waals surface area contributed by atoms with Gasteiger partial charge in [0.2, 0.25) is 0 Å². The first-order chi connectivity index (χ1) is 8.24. The van der Waals surface area contributed by atoms with E-state index >= 15 is 0 Å². The van der Waals surface area contributed by atoms with Gasteiger partial charge >= 0.3 is 0 Å². The first-order valence-electron chi connectivity index (χ1n) is 5.29. The van der Waals surface area contributed by atoms with Crippen molar-refractivity contribution in [2.24, 2.45) is 0 Å². The minimum Gasteiger partial charge on any atom is -0.398 e. The smallest absolute Gasteiger partial charge is 0.293 e. The lowest BCUT2D eigenvalue weighted by Gasteiger charge is -2.18. The predicted octanol–water partition coefficient (Wildman–Crippen LogP) is 1.36. The van der Waals surface area contributed by atoms with Crippen molar-refractivity contribution in [2.45, 2.75) is 19.4 Å². The molecule has 1 rings (SSSR count). The fraction of sp³-hybridized carbons (Fsp3) is 0.364. The lowest BCUT2D eigenvalue weighted by atomic mass is 10.1. The van der Waals surface area contributed by atoms with E-state index in [1.807, 2.05) is 0 Å². The molecule has 0 saturated heterocycles. The molecule has 0 saturated carbocycles. The molecule has 0 atom stereocenters. The number of benzene rings is 1. The molecule has 0 heterocycles. The average Bonchev–Trinajstić information content (AvgIpc) is 2.25. The predicted molar refractivity (Wildman–Crippen MR) is 70.2 cm³/mol. The maximum Gasteiger partial charge on any atom is 0.293 e. The number of nitro benzene ring substituents is 1. The molecule has 7 heteroatoms. The van der Waals surface area contributed by atoms with Crippen LogP contribution >= 0.6 is 0 Å². The molecular formula is C11H16N4O3. The number of hydrogen-bond donors (Lipinski definition) is 4. The molecule has 0 amide bonds. The van der Waals surface area contributed by atoms with Gasteiger partial charge in [-0.25, -0.2) is 0 Å². The van der Waals surface area contributed by atoms with Crippen LogP contribution in [0.4, 0.5) is 17.1 Å². The number of nitrogens with one attached hydrogen (secondary N) is 2. The molecule has 0 fully saturated rings. The Morgan fingerprint density at radius 3 is 2.67 bits per heavy atom. The third-order valence-corrected chi connectivity index (χ3v) is 2.26. The monoisotopic (exact) mass is 252 g/mol. The van der Waals surface area contributed by atoms with E-state index in [9.17, 15) is 15.2 Å². The maximum atomic E-state index is 10.9. The standard InChI is InChI=1S/C11H16N4O3/c1-11(2,16)6-14-9-4-8(13)7(5-12)3-10(9)15(17)18/h3-5,12,14,16H,6,13H2,1-2H3. The number of hydrogen-bond acceptors (Lipinski definition) is 6. The first-order valence-corrected chi connectivity index (χ1v) is 5.29. The van der Waals surface area contributed by atoms with Gasteiger partial charge in [0.15, 0.2) is 0 Å². The summed E-state index contributed by atoms with van der Waals surface area (Å²) in [5.41, 5.74) is 5.28. The maximum absolute atomic E-state index is 10.9. The summed E-state index contributed by atoms with van der Waals surface area (Å²) < 4.78 is 0. The van der Waals surface area contributed by atoms with E-state index in [1.54, 1.807) is 13.8 Å². The highest BCUT2D eigenvalue weighted by Crippen LogP contribution is 2.29. The topological polar surface area (TPSA) is 125 Å². The molecule has 0 unspecified atom stereocenters. The van der Waals surface area contributed by atoms with Gasteiger partial charge in [-0.2, -0.15) is 0 Å². The van der Waals surface area contributed by atoms with Crippen LogP contribution in [0.25, 0.3) is 0 Å². The number of nitrogens with two attached hydrogens (primary N) is 1. The van der Waals surface area contributed by atoms with Crippen molar-refractivity contribution >= 4 is 23.3 Å². The number of nitrogens with zero attached hydrogens (tertiary/aromatic N) is 1. The third kappa shape index (κ3) is 3.42. The molecule has 0 aliphatic carbocycles. The Morgan fingerprint density at radius 2 is 2.22 bits per heavy atom. The summed E-state index contributed by atoms with van der Waals surface area (Å²) in [7, 11) is 0. The summed E-state index contributed by atoms with van der Waals surface area (Å²) in [6, 6.07) is 2.62. The summed E-state index contributed by atoms with van der Waals surface area (Å²) in [5.74, 6) is 0. The zero-order valence-corrected chi connectivity index (χ0v) is 10.2. The van der Waals surface area contributed by atoms with Crippen LogP contribution in [-0.4, -0.2) is 28.4 Å². The molecule has 18 heavy (non-hydrogen) atoms. The number of rotatable bonds is 5. The molecule has 0 aliphatic rings. The van der Waals surface area contributed by atoms with Gasteiger partial charge in [0.05, 0.1) is 10.5 Å². The Bertz CT molecular complexity index is 480. The van der Waals surface area contributed by atoms with Gasteiger partial charge < -0.3 is 21.6 Å². The van der Waals surface area contributed by atoms with Crippen molar-refractivity contribution in [1.29, 1.82) is 5.41 Å². The number of nitro groups is 1. The minimum atomic E-state index is -0.997. The quantitative estimate of drug-likeness (QED) is 0.272. The summed E-state index contributed by atoms with van der Waals surface area (Å²) in [5, 5.41) is 30.4. The SMILES string of the molecule is CC(C)(O)CNc1cc(N)c(C=N)cc1[N+](=O)[O-]. The second-order valence-electron chi connectivity index (χ2n) is 4.57. The van der Waals surface area contributed by atoms with Crippen LogP contribution in [0.3, 0.4) is 0 Å². The van der Waals surface area contributed by atoms with Gasteiger partial charge in [0, 0.05) is 30.1 Å². The number of anilines is 2. The van der Waals surface area contributed by atoms with E-state index in [0.29, 0.717) is 0 Å².